The van der Waals surface area contributed by atoms with Crippen molar-refractivity contribution in [2.75, 3.05) is 18.0 Å². The normalized spacial score (nSPS) is 24.0. The van der Waals surface area contributed by atoms with Gasteiger partial charge in [0, 0.05) is 35.9 Å². The molecule has 0 aliphatic carbocycles. The molecular formula is C16H25ClN2. The fourth-order valence-electron chi connectivity index (χ4n) is 2.76. The van der Waals surface area contributed by atoms with Crippen molar-refractivity contribution in [3.8, 4) is 0 Å². The summed E-state index contributed by atoms with van der Waals surface area (Å²) in [5.74, 6) is 0.630. The molecule has 106 valence electrons. The van der Waals surface area contributed by atoms with Crippen molar-refractivity contribution < 1.29 is 0 Å². The summed E-state index contributed by atoms with van der Waals surface area (Å²) in [5.41, 5.74) is 2.41. The first-order chi connectivity index (χ1) is 9.02. The van der Waals surface area contributed by atoms with Crippen LogP contribution in [-0.4, -0.2) is 25.2 Å². The summed E-state index contributed by atoms with van der Waals surface area (Å²) in [7, 11) is 0. The highest BCUT2D eigenvalue weighted by Gasteiger charge is 2.29. The van der Waals surface area contributed by atoms with Gasteiger partial charge in [-0.15, -0.1) is 0 Å². The molecule has 0 saturated carbocycles. The lowest BCUT2D eigenvalue weighted by Gasteiger charge is -2.44. The van der Waals surface area contributed by atoms with Gasteiger partial charge in [-0.2, -0.15) is 0 Å². The molecule has 2 atom stereocenters. The highest BCUT2D eigenvalue weighted by Crippen LogP contribution is 2.28. The third-order valence-electron chi connectivity index (χ3n) is 4.18. The van der Waals surface area contributed by atoms with Crippen LogP contribution in [0.5, 0.6) is 0 Å². The van der Waals surface area contributed by atoms with Crippen molar-refractivity contribution in [1.29, 1.82) is 0 Å². The van der Waals surface area contributed by atoms with Crippen molar-refractivity contribution in [2.45, 2.75) is 46.2 Å². The maximum atomic E-state index is 6.29. The average molecular weight is 281 g/mol. The third kappa shape index (κ3) is 3.24. The van der Waals surface area contributed by atoms with Crippen molar-refractivity contribution >= 4 is 17.3 Å². The van der Waals surface area contributed by atoms with Gasteiger partial charge in [0.05, 0.1) is 0 Å². The van der Waals surface area contributed by atoms with E-state index in [1.54, 1.807) is 0 Å². The number of nitrogens with zero attached hydrogens (tertiary/aromatic N) is 1. The highest BCUT2D eigenvalue weighted by molar-refractivity contribution is 6.31. The first kappa shape index (κ1) is 14.7. The smallest absolute Gasteiger partial charge is 0.0455 e. The van der Waals surface area contributed by atoms with E-state index < -0.39 is 0 Å². The van der Waals surface area contributed by atoms with E-state index in [2.05, 4.69) is 56.1 Å². The molecular weight excluding hydrogens is 256 g/mol. The van der Waals surface area contributed by atoms with Gasteiger partial charge in [-0.05, 0) is 37.0 Å². The number of anilines is 1. The number of piperazine rings is 1. The van der Waals surface area contributed by atoms with E-state index in [0.717, 1.165) is 23.7 Å². The Morgan fingerprint density at radius 2 is 2.16 bits per heavy atom. The topological polar surface area (TPSA) is 15.3 Å². The van der Waals surface area contributed by atoms with Crippen LogP contribution < -0.4 is 10.2 Å². The molecule has 1 saturated heterocycles. The molecule has 0 bridgehead atoms. The molecule has 1 fully saturated rings. The van der Waals surface area contributed by atoms with E-state index in [1.807, 2.05) is 0 Å². The molecule has 19 heavy (non-hydrogen) atoms. The minimum absolute atomic E-state index is 0.543. The molecule has 2 unspecified atom stereocenters. The number of aryl methyl sites for hydroxylation is 1. The van der Waals surface area contributed by atoms with E-state index in [1.165, 1.54) is 12.1 Å². The second-order valence-corrected chi connectivity index (χ2v) is 6.32. The lowest BCUT2D eigenvalue weighted by Crippen LogP contribution is -2.58. The molecule has 0 aromatic heterocycles. The lowest BCUT2D eigenvalue weighted by molar-refractivity contribution is 0.333. The van der Waals surface area contributed by atoms with Crippen LogP contribution in [0.4, 0.5) is 5.69 Å². The van der Waals surface area contributed by atoms with Crippen LogP contribution in [0.25, 0.3) is 0 Å². The van der Waals surface area contributed by atoms with Gasteiger partial charge in [0.1, 0.15) is 0 Å². The SMILES string of the molecule is CCC1CN(c2ccc(C)c(Cl)c2)C(C(C)C)CN1. The Balaban J connectivity index is 2.27. The fraction of sp³-hybridized carbons (Fsp3) is 0.625. The Hall–Kier alpha value is -0.730. The Labute approximate surface area is 122 Å². The Bertz CT molecular complexity index is 431. The molecule has 1 aromatic rings. The van der Waals surface area contributed by atoms with E-state index >= 15 is 0 Å². The second-order valence-electron chi connectivity index (χ2n) is 5.91. The monoisotopic (exact) mass is 280 g/mol. The van der Waals surface area contributed by atoms with Crippen LogP contribution >= 0.6 is 11.6 Å². The van der Waals surface area contributed by atoms with Gasteiger partial charge < -0.3 is 10.2 Å². The summed E-state index contributed by atoms with van der Waals surface area (Å²) < 4.78 is 0. The molecule has 1 aromatic carbocycles. The molecule has 1 N–H and O–H groups in total. The maximum absolute atomic E-state index is 6.29. The lowest BCUT2D eigenvalue weighted by atomic mass is 9.96. The van der Waals surface area contributed by atoms with Crippen LogP contribution in [-0.2, 0) is 0 Å². The van der Waals surface area contributed by atoms with Crippen LogP contribution in [0.15, 0.2) is 18.2 Å². The van der Waals surface area contributed by atoms with Crippen molar-refractivity contribution in [3.63, 3.8) is 0 Å². The van der Waals surface area contributed by atoms with Crippen LogP contribution in [0.1, 0.15) is 32.8 Å². The number of hydrogen-bond donors (Lipinski definition) is 1. The second kappa shape index (κ2) is 6.15. The number of hydrogen-bond acceptors (Lipinski definition) is 2. The van der Waals surface area contributed by atoms with E-state index in [4.69, 9.17) is 11.6 Å². The molecule has 1 aliphatic heterocycles. The minimum atomic E-state index is 0.543. The van der Waals surface area contributed by atoms with E-state index in [-0.39, 0.29) is 0 Å². The number of nitrogens with one attached hydrogen (secondary N) is 1. The number of rotatable bonds is 3. The molecule has 0 spiro atoms. The number of halogens is 1. The quantitative estimate of drug-likeness (QED) is 0.904. The van der Waals surface area contributed by atoms with Gasteiger partial charge >= 0.3 is 0 Å². The first-order valence-corrected chi connectivity index (χ1v) is 7.67. The summed E-state index contributed by atoms with van der Waals surface area (Å²) in [6.07, 6.45) is 1.17. The molecule has 0 radical (unpaired) electrons. The van der Waals surface area contributed by atoms with Gasteiger partial charge in [-0.3, -0.25) is 0 Å². The Morgan fingerprint density at radius 3 is 2.74 bits per heavy atom. The van der Waals surface area contributed by atoms with Crippen LogP contribution in [0, 0.1) is 12.8 Å². The zero-order valence-electron chi connectivity index (χ0n) is 12.4. The largest absolute Gasteiger partial charge is 0.365 e. The van der Waals surface area contributed by atoms with E-state index in [9.17, 15) is 0 Å². The van der Waals surface area contributed by atoms with E-state index in [0.29, 0.717) is 18.0 Å². The third-order valence-corrected chi connectivity index (χ3v) is 4.59. The van der Waals surface area contributed by atoms with Crippen LogP contribution in [0.3, 0.4) is 0 Å². The number of benzene rings is 1. The predicted molar refractivity (Wildman–Crippen MR) is 84.2 cm³/mol. The first-order valence-electron chi connectivity index (χ1n) is 7.29. The van der Waals surface area contributed by atoms with Gasteiger partial charge in [-0.1, -0.05) is 38.4 Å². The maximum Gasteiger partial charge on any atom is 0.0455 e. The summed E-state index contributed by atoms with van der Waals surface area (Å²) in [6.45, 7) is 11.0. The Morgan fingerprint density at radius 1 is 1.42 bits per heavy atom. The average Bonchev–Trinajstić information content (AvgIpc) is 2.41. The summed E-state index contributed by atoms with van der Waals surface area (Å²) in [5, 5.41) is 4.52. The van der Waals surface area contributed by atoms with Gasteiger partial charge in [0.25, 0.3) is 0 Å². The van der Waals surface area contributed by atoms with Crippen molar-refractivity contribution in [1.82, 2.24) is 5.32 Å². The molecule has 0 amide bonds. The highest BCUT2D eigenvalue weighted by atomic mass is 35.5. The Kier molecular flexibility index (Phi) is 4.75. The van der Waals surface area contributed by atoms with Gasteiger partial charge in [0.15, 0.2) is 0 Å². The van der Waals surface area contributed by atoms with Gasteiger partial charge in [-0.25, -0.2) is 0 Å². The summed E-state index contributed by atoms with van der Waals surface area (Å²) in [6, 6.07) is 7.56. The molecule has 2 nitrogen and oxygen atoms in total. The summed E-state index contributed by atoms with van der Waals surface area (Å²) >= 11 is 6.29. The van der Waals surface area contributed by atoms with Gasteiger partial charge in [0.2, 0.25) is 0 Å². The molecule has 3 heteroatoms. The van der Waals surface area contributed by atoms with Crippen molar-refractivity contribution in [2.24, 2.45) is 5.92 Å². The van der Waals surface area contributed by atoms with Crippen molar-refractivity contribution in [3.05, 3.63) is 28.8 Å². The minimum Gasteiger partial charge on any atom is -0.365 e. The standard InChI is InChI=1S/C16H25ClN2/c1-5-13-10-19(16(9-18-13)11(2)3)14-7-6-12(4)15(17)8-14/h6-8,11,13,16,18H,5,9-10H2,1-4H3. The van der Waals surface area contributed by atoms with Crippen LogP contribution in [0.2, 0.25) is 5.02 Å². The molecule has 2 rings (SSSR count). The molecule has 1 heterocycles. The zero-order valence-corrected chi connectivity index (χ0v) is 13.2. The zero-order chi connectivity index (χ0) is 14.0. The predicted octanol–water partition coefficient (Wildman–Crippen LogP) is 3.86. The fourth-order valence-corrected chi connectivity index (χ4v) is 2.94. The summed E-state index contributed by atoms with van der Waals surface area (Å²) in [4.78, 5) is 2.53. The molecule has 1 aliphatic rings.